The van der Waals surface area contributed by atoms with Crippen molar-refractivity contribution in [3.05, 3.63) is 41.2 Å². The Labute approximate surface area is 114 Å². The first-order valence-corrected chi connectivity index (χ1v) is 6.59. The van der Waals surface area contributed by atoms with Gasteiger partial charge >= 0.3 is 0 Å². The topological polar surface area (TPSA) is 27.0 Å². The van der Waals surface area contributed by atoms with Crippen LogP contribution in [0.5, 0.6) is 0 Å². The summed E-state index contributed by atoms with van der Waals surface area (Å²) in [5.41, 5.74) is 2.41. The highest BCUT2D eigenvalue weighted by Gasteiger charge is 2.27. The van der Waals surface area contributed by atoms with Gasteiger partial charge in [0.15, 0.2) is 0 Å². The maximum atomic E-state index is 14.4. The molecule has 0 spiro atoms. The van der Waals surface area contributed by atoms with E-state index in [1.165, 1.54) is 6.07 Å². The van der Waals surface area contributed by atoms with Gasteiger partial charge in [-0.05, 0) is 44.4 Å². The summed E-state index contributed by atoms with van der Waals surface area (Å²) >= 11 is 0. The van der Waals surface area contributed by atoms with E-state index in [0.29, 0.717) is 5.56 Å². The second-order valence-corrected chi connectivity index (χ2v) is 5.51. The average Bonchev–Trinajstić information content (AvgIpc) is 2.38. The number of likely N-dealkylation sites (N-methyl/N-ethyl adjacent to an activating group) is 1. The molecule has 2 nitrogen and oxygen atoms in total. The largest absolute Gasteiger partial charge is 0.371 e. The van der Waals surface area contributed by atoms with Gasteiger partial charge in [-0.1, -0.05) is 12.6 Å². The molecule has 1 aromatic carbocycles. The zero-order chi connectivity index (χ0) is 14.2. The van der Waals surface area contributed by atoms with Gasteiger partial charge in [-0.2, -0.15) is 5.26 Å². The van der Waals surface area contributed by atoms with E-state index in [1.54, 1.807) is 0 Å². The molecule has 0 radical (unpaired) electrons. The van der Waals surface area contributed by atoms with Crippen molar-refractivity contribution < 1.29 is 4.39 Å². The van der Waals surface area contributed by atoms with Crippen molar-refractivity contribution in [1.29, 1.82) is 5.26 Å². The van der Waals surface area contributed by atoms with Gasteiger partial charge in [0.1, 0.15) is 5.82 Å². The van der Waals surface area contributed by atoms with Gasteiger partial charge in [0.2, 0.25) is 0 Å². The lowest BCUT2D eigenvalue weighted by Crippen LogP contribution is -2.30. The molecule has 0 aromatic heterocycles. The van der Waals surface area contributed by atoms with Crippen LogP contribution in [0.3, 0.4) is 0 Å². The van der Waals surface area contributed by atoms with Crippen LogP contribution < -0.4 is 0 Å². The average molecular weight is 258 g/mol. The zero-order valence-electron chi connectivity index (χ0n) is 11.8. The van der Waals surface area contributed by atoms with Crippen molar-refractivity contribution in [2.45, 2.75) is 32.6 Å². The summed E-state index contributed by atoms with van der Waals surface area (Å²) < 4.78 is 14.4. The summed E-state index contributed by atoms with van der Waals surface area (Å²) in [6.07, 6.45) is 0.800. The maximum absolute atomic E-state index is 14.4. The Morgan fingerprint density at radius 1 is 1.47 bits per heavy atom. The number of nitriles is 1. The molecule has 1 aliphatic heterocycles. The third-order valence-corrected chi connectivity index (χ3v) is 3.88. The number of hydrogen-bond donors (Lipinski definition) is 0. The molecular formula is C16H19FN2. The standard InChI is InChI=1S/C16H19FN2/c1-5-19-7-6-12-8-13(16(3,4)10-18)9-14(17)15(12)11(19)2/h8-9H,2,5-7H2,1,3-4H3. The maximum Gasteiger partial charge on any atom is 0.133 e. The summed E-state index contributed by atoms with van der Waals surface area (Å²) in [4.78, 5) is 2.08. The van der Waals surface area contributed by atoms with E-state index in [2.05, 4.69) is 17.5 Å². The van der Waals surface area contributed by atoms with Gasteiger partial charge < -0.3 is 4.90 Å². The molecule has 0 amide bonds. The van der Waals surface area contributed by atoms with E-state index in [4.69, 9.17) is 0 Å². The fourth-order valence-corrected chi connectivity index (χ4v) is 2.51. The molecule has 100 valence electrons. The first kappa shape index (κ1) is 13.6. The van der Waals surface area contributed by atoms with Gasteiger partial charge in [0.25, 0.3) is 0 Å². The normalized spacial score (nSPS) is 15.1. The first-order valence-electron chi connectivity index (χ1n) is 6.59. The second kappa shape index (κ2) is 4.70. The number of halogens is 1. The van der Waals surface area contributed by atoms with Crippen molar-refractivity contribution in [3.8, 4) is 6.07 Å². The highest BCUT2D eigenvalue weighted by Crippen LogP contribution is 2.33. The molecule has 1 aromatic rings. The molecule has 1 heterocycles. The van der Waals surface area contributed by atoms with Crippen LogP contribution in [0.15, 0.2) is 18.7 Å². The minimum atomic E-state index is -0.668. The van der Waals surface area contributed by atoms with Crippen LogP contribution in [0.25, 0.3) is 5.70 Å². The number of rotatable bonds is 2. The Kier molecular flexibility index (Phi) is 3.36. The molecule has 0 atom stereocenters. The Morgan fingerprint density at radius 2 is 2.16 bits per heavy atom. The predicted molar refractivity (Wildman–Crippen MR) is 75.0 cm³/mol. The molecule has 0 saturated carbocycles. The summed E-state index contributed by atoms with van der Waals surface area (Å²) in [5, 5.41) is 9.18. The number of hydrogen-bond acceptors (Lipinski definition) is 2. The quantitative estimate of drug-likeness (QED) is 0.812. The van der Waals surface area contributed by atoms with E-state index in [-0.39, 0.29) is 5.82 Å². The molecule has 0 N–H and O–H groups in total. The van der Waals surface area contributed by atoms with Gasteiger partial charge in [-0.25, -0.2) is 4.39 Å². The monoisotopic (exact) mass is 258 g/mol. The Bertz CT molecular complexity index is 567. The smallest absolute Gasteiger partial charge is 0.133 e. The molecular weight excluding hydrogens is 239 g/mol. The van der Waals surface area contributed by atoms with Crippen molar-refractivity contribution in [1.82, 2.24) is 4.90 Å². The number of nitrogens with zero attached hydrogens (tertiary/aromatic N) is 2. The van der Waals surface area contributed by atoms with E-state index in [0.717, 1.165) is 36.3 Å². The zero-order valence-corrected chi connectivity index (χ0v) is 11.8. The minimum absolute atomic E-state index is 0.265. The summed E-state index contributed by atoms with van der Waals surface area (Å²) in [7, 11) is 0. The van der Waals surface area contributed by atoms with E-state index in [9.17, 15) is 9.65 Å². The molecule has 0 bridgehead atoms. The fourth-order valence-electron chi connectivity index (χ4n) is 2.51. The molecule has 1 aliphatic rings. The van der Waals surface area contributed by atoms with Crippen molar-refractivity contribution in [3.63, 3.8) is 0 Å². The highest BCUT2D eigenvalue weighted by molar-refractivity contribution is 5.68. The second-order valence-electron chi connectivity index (χ2n) is 5.51. The molecule has 0 saturated heterocycles. The lowest BCUT2D eigenvalue weighted by Gasteiger charge is -2.33. The van der Waals surface area contributed by atoms with E-state index in [1.807, 2.05) is 26.8 Å². The molecule has 3 heteroatoms. The third-order valence-electron chi connectivity index (χ3n) is 3.88. The fraction of sp³-hybridized carbons (Fsp3) is 0.438. The van der Waals surface area contributed by atoms with Crippen LogP contribution in [0.4, 0.5) is 4.39 Å². The van der Waals surface area contributed by atoms with Crippen LogP contribution in [-0.4, -0.2) is 18.0 Å². The van der Waals surface area contributed by atoms with Crippen LogP contribution in [0, 0.1) is 17.1 Å². The molecule has 2 rings (SSSR count). The minimum Gasteiger partial charge on any atom is -0.371 e. The Balaban J connectivity index is 2.54. The van der Waals surface area contributed by atoms with Gasteiger partial charge in [-0.15, -0.1) is 0 Å². The molecule has 0 unspecified atom stereocenters. The molecule has 19 heavy (non-hydrogen) atoms. The summed E-state index contributed by atoms with van der Waals surface area (Å²) in [6.45, 7) is 11.4. The van der Waals surface area contributed by atoms with E-state index < -0.39 is 5.41 Å². The summed E-state index contributed by atoms with van der Waals surface area (Å²) in [6, 6.07) is 5.66. The van der Waals surface area contributed by atoms with Gasteiger partial charge in [-0.3, -0.25) is 0 Å². The third kappa shape index (κ3) is 2.23. The molecule has 0 fully saturated rings. The summed E-state index contributed by atoms with van der Waals surface area (Å²) in [5.74, 6) is -0.265. The Morgan fingerprint density at radius 3 is 2.74 bits per heavy atom. The van der Waals surface area contributed by atoms with Crippen LogP contribution in [0.1, 0.15) is 37.5 Å². The number of benzene rings is 1. The predicted octanol–water partition coefficient (Wildman–Crippen LogP) is 3.48. The number of fused-ring (bicyclic) bond motifs is 1. The lowest BCUT2D eigenvalue weighted by molar-refractivity contribution is 0.406. The lowest BCUT2D eigenvalue weighted by atomic mass is 9.83. The molecule has 0 aliphatic carbocycles. The van der Waals surface area contributed by atoms with E-state index >= 15 is 0 Å². The van der Waals surface area contributed by atoms with Crippen LogP contribution in [0.2, 0.25) is 0 Å². The Hall–Kier alpha value is -1.82. The highest BCUT2D eigenvalue weighted by atomic mass is 19.1. The van der Waals surface area contributed by atoms with Crippen LogP contribution >= 0.6 is 0 Å². The SMILES string of the molecule is C=C1c2c(F)cc(C(C)(C)C#N)cc2CCN1CC. The van der Waals surface area contributed by atoms with Crippen molar-refractivity contribution >= 4 is 5.70 Å². The van der Waals surface area contributed by atoms with Gasteiger partial charge in [0.05, 0.1) is 11.5 Å². The van der Waals surface area contributed by atoms with Crippen molar-refractivity contribution in [2.75, 3.05) is 13.1 Å². The van der Waals surface area contributed by atoms with Crippen molar-refractivity contribution in [2.24, 2.45) is 0 Å². The van der Waals surface area contributed by atoms with Gasteiger partial charge in [0, 0.05) is 24.4 Å². The first-order chi connectivity index (χ1) is 8.90. The van der Waals surface area contributed by atoms with Crippen LogP contribution in [-0.2, 0) is 11.8 Å².